The van der Waals surface area contributed by atoms with Gasteiger partial charge in [0.05, 0.1) is 5.56 Å². The summed E-state index contributed by atoms with van der Waals surface area (Å²) in [6.45, 7) is 2.38. The average Bonchev–Trinajstić information content (AvgIpc) is 3.06. The molecule has 3 heteroatoms. The fourth-order valence-electron chi connectivity index (χ4n) is 3.09. The van der Waals surface area contributed by atoms with E-state index in [1.54, 1.807) is 12.1 Å². The predicted octanol–water partition coefficient (Wildman–Crippen LogP) is 5.75. The average molecular weight is 368 g/mol. The molecule has 3 aromatic carbocycles. The van der Waals surface area contributed by atoms with E-state index in [0.29, 0.717) is 23.7 Å². The van der Waals surface area contributed by atoms with Gasteiger partial charge in [-0.1, -0.05) is 72.8 Å². The molecule has 0 fully saturated rings. The zero-order valence-electron chi connectivity index (χ0n) is 15.6. The lowest BCUT2D eigenvalue weighted by atomic mass is 10.1. The Morgan fingerprint density at radius 2 is 1.64 bits per heavy atom. The summed E-state index contributed by atoms with van der Waals surface area (Å²) in [4.78, 5) is 12.6. The van der Waals surface area contributed by atoms with E-state index in [4.69, 9.17) is 9.47 Å². The van der Waals surface area contributed by atoms with Gasteiger partial charge in [-0.3, -0.25) is 4.79 Å². The van der Waals surface area contributed by atoms with Gasteiger partial charge in [-0.05, 0) is 36.3 Å². The number of hydrogen-bond donors (Lipinski definition) is 0. The molecule has 4 rings (SSSR count). The van der Waals surface area contributed by atoms with Crippen molar-refractivity contribution in [2.75, 3.05) is 0 Å². The first-order chi connectivity index (χ1) is 13.7. The smallest absolute Gasteiger partial charge is 0.231 e. The highest BCUT2D eigenvalue weighted by Gasteiger charge is 2.29. The third-order valence-corrected chi connectivity index (χ3v) is 4.61. The van der Waals surface area contributed by atoms with Gasteiger partial charge in [0.2, 0.25) is 5.78 Å². The molecule has 0 radical (unpaired) electrons. The van der Waals surface area contributed by atoms with Crippen molar-refractivity contribution in [3.8, 4) is 11.5 Å². The monoisotopic (exact) mass is 368 g/mol. The maximum absolute atomic E-state index is 12.6. The van der Waals surface area contributed by atoms with Crippen molar-refractivity contribution in [1.82, 2.24) is 0 Å². The van der Waals surface area contributed by atoms with Crippen LogP contribution in [0.4, 0.5) is 0 Å². The zero-order valence-corrected chi connectivity index (χ0v) is 15.6. The number of ether oxygens (including phenoxy) is 2. The first-order valence-electron chi connectivity index (χ1n) is 9.18. The van der Waals surface area contributed by atoms with Crippen LogP contribution in [-0.4, -0.2) is 5.78 Å². The van der Waals surface area contributed by atoms with Crippen LogP contribution in [0.15, 0.2) is 90.7 Å². The number of carbonyl (C=O) groups excluding carboxylic acids is 1. The summed E-state index contributed by atoms with van der Waals surface area (Å²) in [5, 5.41) is 0. The molecule has 0 aromatic heterocycles. The Morgan fingerprint density at radius 3 is 2.39 bits per heavy atom. The van der Waals surface area contributed by atoms with E-state index >= 15 is 0 Å². The van der Waals surface area contributed by atoms with E-state index < -0.39 is 0 Å². The minimum atomic E-state index is -0.106. The van der Waals surface area contributed by atoms with Gasteiger partial charge in [-0.25, -0.2) is 0 Å². The molecule has 0 spiro atoms. The summed E-state index contributed by atoms with van der Waals surface area (Å²) < 4.78 is 11.8. The van der Waals surface area contributed by atoms with Gasteiger partial charge in [0.25, 0.3) is 0 Å². The number of carbonyl (C=O) groups is 1. The fourth-order valence-corrected chi connectivity index (χ4v) is 3.09. The third kappa shape index (κ3) is 3.74. The Balaban J connectivity index is 1.51. The molecule has 0 amide bonds. The number of rotatable bonds is 5. The second kappa shape index (κ2) is 7.97. The van der Waals surface area contributed by atoms with Crippen molar-refractivity contribution in [2.45, 2.75) is 13.5 Å². The molecule has 0 unspecified atom stereocenters. The molecule has 3 nitrogen and oxygen atoms in total. The van der Waals surface area contributed by atoms with Crippen molar-refractivity contribution in [2.24, 2.45) is 0 Å². The first kappa shape index (κ1) is 17.8. The highest BCUT2D eigenvalue weighted by Crippen LogP contribution is 2.39. The number of hydrogen-bond acceptors (Lipinski definition) is 3. The summed E-state index contributed by atoms with van der Waals surface area (Å²) >= 11 is 0. The van der Waals surface area contributed by atoms with E-state index in [9.17, 15) is 4.79 Å². The molecule has 1 heterocycles. The minimum Gasteiger partial charge on any atom is -0.488 e. The molecule has 0 saturated carbocycles. The molecule has 3 aromatic rings. The molecular weight excluding hydrogens is 348 g/mol. The van der Waals surface area contributed by atoms with Crippen molar-refractivity contribution in [3.63, 3.8) is 0 Å². The second-order valence-electron chi connectivity index (χ2n) is 6.57. The summed E-state index contributed by atoms with van der Waals surface area (Å²) in [5.41, 5.74) is 3.56. The summed E-state index contributed by atoms with van der Waals surface area (Å²) in [6, 6.07) is 23.5. The van der Waals surface area contributed by atoms with E-state index in [1.807, 2.05) is 85.8 Å². The number of allylic oxidation sites excluding steroid dienone is 3. The lowest BCUT2D eigenvalue weighted by Gasteiger charge is -2.11. The van der Waals surface area contributed by atoms with Crippen molar-refractivity contribution >= 4 is 11.9 Å². The largest absolute Gasteiger partial charge is 0.488 e. The molecule has 138 valence electrons. The van der Waals surface area contributed by atoms with Crippen molar-refractivity contribution in [1.29, 1.82) is 0 Å². The van der Waals surface area contributed by atoms with Gasteiger partial charge in [0, 0.05) is 5.56 Å². The Labute approximate surface area is 164 Å². The van der Waals surface area contributed by atoms with E-state index in [2.05, 4.69) is 0 Å². The van der Waals surface area contributed by atoms with Crippen LogP contribution < -0.4 is 9.47 Å². The first-order valence-corrected chi connectivity index (χ1v) is 9.18. The van der Waals surface area contributed by atoms with Crippen molar-refractivity contribution < 1.29 is 14.3 Å². The maximum atomic E-state index is 12.6. The third-order valence-electron chi connectivity index (χ3n) is 4.61. The van der Waals surface area contributed by atoms with E-state index in [0.717, 1.165) is 22.4 Å². The van der Waals surface area contributed by atoms with Crippen LogP contribution in [0.2, 0.25) is 0 Å². The molecule has 0 N–H and O–H groups in total. The van der Waals surface area contributed by atoms with E-state index in [-0.39, 0.29) is 5.78 Å². The molecule has 0 bridgehead atoms. The maximum Gasteiger partial charge on any atom is 0.231 e. The highest BCUT2D eigenvalue weighted by molar-refractivity contribution is 6.12. The fraction of sp³-hybridized carbons (Fsp3) is 0.0800. The van der Waals surface area contributed by atoms with Crippen LogP contribution in [0, 0.1) is 6.92 Å². The molecule has 28 heavy (non-hydrogen) atoms. The van der Waals surface area contributed by atoms with Crippen LogP contribution in [0.25, 0.3) is 6.08 Å². The van der Waals surface area contributed by atoms with Crippen LogP contribution in [0.5, 0.6) is 11.5 Å². The highest BCUT2D eigenvalue weighted by atomic mass is 16.5. The summed E-state index contributed by atoms with van der Waals surface area (Å²) in [5.74, 6) is 1.52. The topological polar surface area (TPSA) is 35.5 Å². The SMILES string of the molecule is Cc1c(OCc2ccccc2)ccc2c1O/C(=C\C=C\c1ccccc1)C2=O. The van der Waals surface area contributed by atoms with Crippen molar-refractivity contribution in [3.05, 3.63) is 113 Å². The quantitative estimate of drug-likeness (QED) is 0.538. The Kier molecular flexibility index (Phi) is 5.07. The number of ketones is 1. The van der Waals surface area contributed by atoms with Crippen LogP contribution >= 0.6 is 0 Å². The summed E-state index contributed by atoms with van der Waals surface area (Å²) in [6.07, 6.45) is 5.48. The molecule has 0 aliphatic carbocycles. The minimum absolute atomic E-state index is 0.106. The number of Topliss-reactive ketones (excluding diaryl/α,β-unsaturated/α-hetero) is 1. The second-order valence-corrected chi connectivity index (χ2v) is 6.57. The molecule has 0 saturated heterocycles. The normalized spacial score (nSPS) is 14.3. The van der Waals surface area contributed by atoms with Gasteiger partial charge in [-0.15, -0.1) is 0 Å². The lowest BCUT2D eigenvalue weighted by Crippen LogP contribution is -1.98. The van der Waals surface area contributed by atoms with Crippen LogP contribution in [-0.2, 0) is 6.61 Å². The molecule has 0 atom stereocenters. The molecule has 1 aliphatic rings. The number of benzene rings is 3. The van der Waals surface area contributed by atoms with Gasteiger partial charge >= 0.3 is 0 Å². The van der Waals surface area contributed by atoms with Gasteiger partial charge in [0.1, 0.15) is 18.1 Å². The van der Waals surface area contributed by atoms with Gasteiger partial charge in [0.15, 0.2) is 5.76 Å². The standard InChI is InChI=1S/C25H20O3/c1-18-22(27-17-20-11-6-3-7-12-20)16-15-21-24(26)23(28-25(18)21)14-8-13-19-9-4-2-5-10-19/h2-16H,17H2,1H3/b13-8+,23-14-. The zero-order chi connectivity index (χ0) is 19.3. The van der Waals surface area contributed by atoms with Gasteiger partial charge in [-0.2, -0.15) is 0 Å². The molecular formula is C25H20O3. The Hall–Kier alpha value is -3.59. The summed E-state index contributed by atoms with van der Waals surface area (Å²) in [7, 11) is 0. The Bertz CT molecular complexity index is 1050. The van der Waals surface area contributed by atoms with Gasteiger partial charge < -0.3 is 9.47 Å². The predicted molar refractivity (Wildman–Crippen MR) is 110 cm³/mol. The number of fused-ring (bicyclic) bond motifs is 1. The lowest BCUT2D eigenvalue weighted by molar-refractivity contribution is 0.101. The van der Waals surface area contributed by atoms with Crippen LogP contribution in [0.1, 0.15) is 27.0 Å². The van der Waals surface area contributed by atoms with Crippen LogP contribution in [0.3, 0.4) is 0 Å². The Morgan fingerprint density at radius 1 is 0.929 bits per heavy atom. The molecule has 1 aliphatic heterocycles. The van der Waals surface area contributed by atoms with E-state index in [1.165, 1.54) is 0 Å².